The van der Waals surface area contributed by atoms with E-state index in [0.717, 1.165) is 10.9 Å². The second-order valence-electron chi connectivity index (χ2n) is 5.73. The van der Waals surface area contributed by atoms with Gasteiger partial charge in [0.05, 0.1) is 11.7 Å². The molecule has 1 aromatic carbocycles. The molecule has 0 aliphatic heterocycles. The maximum atomic E-state index is 12.1. The lowest BCUT2D eigenvalue weighted by Crippen LogP contribution is -2.27. The summed E-state index contributed by atoms with van der Waals surface area (Å²) >= 11 is 0. The molecule has 0 bridgehead atoms. The minimum absolute atomic E-state index is 0.211. The number of aromatic nitrogens is 2. The van der Waals surface area contributed by atoms with E-state index in [1.807, 2.05) is 13.0 Å². The molecule has 2 aromatic heterocycles. The van der Waals surface area contributed by atoms with Crippen molar-refractivity contribution in [1.29, 1.82) is 5.26 Å². The van der Waals surface area contributed by atoms with Gasteiger partial charge in [0.1, 0.15) is 28.9 Å². The average molecular weight is 378 g/mol. The standard InChI is InChI=1S/C19H18N6O3/c1-3-22-19(27)25-7-6-12-8-14(4-5-15(12)25)28-16-9-17(24-18(26)21-2)23-11-13(16)10-20/h4-9,11H,3H2,1-2H3,(H,22,27)(H2,21,23,24,26). The Morgan fingerprint density at radius 2 is 2.11 bits per heavy atom. The Morgan fingerprint density at radius 1 is 1.29 bits per heavy atom. The van der Waals surface area contributed by atoms with Crippen LogP contribution in [0.5, 0.6) is 11.5 Å². The van der Waals surface area contributed by atoms with E-state index in [2.05, 4.69) is 20.9 Å². The van der Waals surface area contributed by atoms with E-state index in [1.165, 1.54) is 23.9 Å². The zero-order chi connectivity index (χ0) is 20.1. The number of nitriles is 1. The Kier molecular flexibility index (Phi) is 5.41. The summed E-state index contributed by atoms with van der Waals surface area (Å²) < 4.78 is 7.35. The Hall–Kier alpha value is -4.06. The fourth-order valence-corrected chi connectivity index (χ4v) is 2.58. The molecule has 0 aliphatic carbocycles. The van der Waals surface area contributed by atoms with Crippen LogP contribution in [0.3, 0.4) is 0 Å². The summed E-state index contributed by atoms with van der Waals surface area (Å²) in [6.07, 6.45) is 3.00. The lowest BCUT2D eigenvalue weighted by Gasteiger charge is -2.10. The van der Waals surface area contributed by atoms with Gasteiger partial charge < -0.3 is 15.4 Å². The van der Waals surface area contributed by atoms with Gasteiger partial charge in [0.2, 0.25) is 0 Å². The average Bonchev–Trinajstić information content (AvgIpc) is 3.11. The number of amides is 3. The summed E-state index contributed by atoms with van der Waals surface area (Å²) in [6, 6.07) is 9.86. The van der Waals surface area contributed by atoms with Gasteiger partial charge in [0, 0.05) is 31.2 Å². The van der Waals surface area contributed by atoms with Gasteiger partial charge in [-0.25, -0.2) is 14.6 Å². The van der Waals surface area contributed by atoms with Crippen molar-refractivity contribution in [1.82, 2.24) is 20.2 Å². The number of anilines is 1. The zero-order valence-electron chi connectivity index (χ0n) is 15.3. The van der Waals surface area contributed by atoms with Crippen LogP contribution < -0.4 is 20.7 Å². The van der Waals surface area contributed by atoms with Gasteiger partial charge in [-0.05, 0) is 31.2 Å². The van der Waals surface area contributed by atoms with E-state index in [-0.39, 0.29) is 23.2 Å². The monoisotopic (exact) mass is 378 g/mol. The second-order valence-corrected chi connectivity index (χ2v) is 5.73. The van der Waals surface area contributed by atoms with Crippen molar-refractivity contribution in [2.75, 3.05) is 18.9 Å². The lowest BCUT2D eigenvalue weighted by atomic mass is 10.2. The van der Waals surface area contributed by atoms with Gasteiger partial charge in [-0.15, -0.1) is 0 Å². The predicted molar refractivity (Wildman–Crippen MR) is 104 cm³/mol. The molecule has 28 heavy (non-hydrogen) atoms. The first-order valence-corrected chi connectivity index (χ1v) is 8.51. The molecule has 3 N–H and O–H groups in total. The number of fused-ring (bicyclic) bond motifs is 1. The van der Waals surface area contributed by atoms with Crippen LogP contribution in [0, 0.1) is 11.3 Å². The van der Waals surface area contributed by atoms with Crippen molar-refractivity contribution >= 4 is 28.8 Å². The Labute approximate surface area is 160 Å². The number of nitrogens with one attached hydrogen (secondary N) is 3. The molecule has 0 radical (unpaired) electrons. The topological polar surface area (TPSA) is 121 Å². The molecule has 2 heterocycles. The Bertz CT molecular complexity index is 1080. The molecule has 9 nitrogen and oxygen atoms in total. The van der Waals surface area contributed by atoms with Crippen molar-refractivity contribution in [2.45, 2.75) is 6.92 Å². The van der Waals surface area contributed by atoms with E-state index in [4.69, 9.17) is 4.74 Å². The van der Waals surface area contributed by atoms with Gasteiger partial charge in [0.25, 0.3) is 0 Å². The number of urea groups is 1. The molecule has 9 heteroatoms. The first kappa shape index (κ1) is 18.7. The van der Waals surface area contributed by atoms with E-state index >= 15 is 0 Å². The molecule has 0 saturated heterocycles. The van der Waals surface area contributed by atoms with Crippen molar-refractivity contribution < 1.29 is 14.3 Å². The third kappa shape index (κ3) is 3.86. The number of pyridine rings is 1. The highest BCUT2D eigenvalue weighted by atomic mass is 16.5. The lowest BCUT2D eigenvalue weighted by molar-refractivity contribution is 0.243. The Balaban J connectivity index is 1.90. The van der Waals surface area contributed by atoms with E-state index in [1.54, 1.807) is 30.5 Å². The van der Waals surface area contributed by atoms with Crippen LogP contribution in [0.4, 0.5) is 15.4 Å². The number of benzene rings is 1. The van der Waals surface area contributed by atoms with Crippen LogP contribution >= 0.6 is 0 Å². The molecule has 3 rings (SSSR count). The summed E-state index contributed by atoms with van der Waals surface area (Å²) in [7, 11) is 1.48. The van der Waals surface area contributed by atoms with Crippen molar-refractivity contribution in [3.8, 4) is 17.6 Å². The molecule has 0 spiro atoms. The molecule has 142 valence electrons. The smallest absolute Gasteiger partial charge is 0.326 e. The number of hydrogen-bond acceptors (Lipinski definition) is 5. The normalized spacial score (nSPS) is 10.2. The number of carbonyl (C=O) groups excluding carboxylic acids is 2. The van der Waals surface area contributed by atoms with Crippen LogP contribution in [0.15, 0.2) is 42.7 Å². The van der Waals surface area contributed by atoms with Gasteiger partial charge in [-0.1, -0.05) is 0 Å². The van der Waals surface area contributed by atoms with Gasteiger partial charge in [-0.2, -0.15) is 5.26 Å². The fraction of sp³-hybridized carbons (Fsp3) is 0.158. The quantitative estimate of drug-likeness (QED) is 0.644. The van der Waals surface area contributed by atoms with Gasteiger partial charge in [-0.3, -0.25) is 9.88 Å². The molecule has 0 unspecified atom stereocenters. The largest absolute Gasteiger partial charge is 0.456 e. The molecule has 0 atom stereocenters. The molecule has 0 fully saturated rings. The number of nitrogens with zero attached hydrogens (tertiary/aromatic N) is 3. The van der Waals surface area contributed by atoms with Crippen LogP contribution in [0.25, 0.3) is 10.9 Å². The minimum Gasteiger partial charge on any atom is -0.456 e. The van der Waals surface area contributed by atoms with E-state index in [9.17, 15) is 14.9 Å². The van der Waals surface area contributed by atoms with Gasteiger partial charge in [0.15, 0.2) is 0 Å². The van der Waals surface area contributed by atoms with E-state index in [0.29, 0.717) is 12.3 Å². The number of carbonyl (C=O) groups is 2. The second kappa shape index (κ2) is 8.09. The summed E-state index contributed by atoms with van der Waals surface area (Å²) in [6.45, 7) is 2.38. The van der Waals surface area contributed by atoms with Crippen LogP contribution in [0.2, 0.25) is 0 Å². The Morgan fingerprint density at radius 3 is 2.82 bits per heavy atom. The molecular formula is C19H18N6O3. The third-order valence-corrected chi connectivity index (χ3v) is 3.89. The summed E-state index contributed by atoms with van der Waals surface area (Å²) in [5.74, 6) is 0.984. The fourth-order valence-electron chi connectivity index (χ4n) is 2.58. The van der Waals surface area contributed by atoms with Gasteiger partial charge >= 0.3 is 12.1 Å². The molecule has 0 aliphatic rings. The first-order chi connectivity index (χ1) is 13.5. The van der Waals surface area contributed by atoms with E-state index < -0.39 is 6.03 Å². The number of ether oxygens (including phenoxy) is 1. The van der Waals surface area contributed by atoms with Crippen LogP contribution in [-0.2, 0) is 0 Å². The van der Waals surface area contributed by atoms with Crippen LogP contribution in [0.1, 0.15) is 12.5 Å². The molecule has 3 amide bonds. The highest BCUT2D eigenvalue weighted by Crippen LogP contribution is 2.29. The molecule has 0 saturated carbocycles. The van der Waals surface area contributed by atoms with Crippen molar-refractivity contribution in [3.63, 3.8) is 0 Å². The molecule has 3 aromatic rings. The zero-order valence-corrected chi connectivity index (χ0v) is 15.3. The summed E-state index contributed by atoms with van der Waals surface area (Å²) in [4.78, 5) is 27.5. The highest BCUT2D eigenvalue weighted by Gasteiger charge is 2.12. The summed E-state index contributed by atoms with van der Waals surface area (Å²) in [5, 5.41) is 17.8. The predicted octanol–water partition coefficient (Wildman–Crippen LogP) is 3.03. The molecular weight excluding hydrogens is 360 g/mol. The first-order valence-electron chi connectivity index (χ1n) is 8.51. The maximum Gasteiger partial charge on any atom is 0.326 e. The highest BCUT2D eigenvalue weighted by molar-refractivity contribution is 5.92. The number of hydrogen-bond donors (Lipinski definition) is 3. The third-order valence-electron chi connectivity index (χ3n) is 3.89. The SMILES string of the molecule is CCNC(=O)n1ccc2cc(Oc3cc(NC(=O)NC)ncc3C#N)ccc21. The maximum absolute atomic E-state index is 12.1. The summed E-state index contributed by atoms with van der Waals surface area (Å²) in [5.41, 5.74) is 0.956. The minimum atomic E-state index is -0.434. The number of rotatable bonds is 4. The van der Waals surface area contributed by atoms with Crippen molar-refractivity contribution in [2.24, 2.45) is 0 Å². The van der Waals surface area contributed by atoms with Crippen LogP contribution in [-0.4, -0.2) is 35.2 Å². The van der Waals surface area contributed by atoms with Crippen molar-refractivity contribution in [3.05, 3.63) is 48.3 Å².